The quantitative estimate of drug-likeness (QED) is 0.309. The van der Waals surface area contributed by atoms with Crippen LogP contribution in [0.5, 0.6) is 11.6 Å². The summed E-state index contributed by atoms with van der Waals surface area (Å²) < 4.78 is 7.12. The molecule has 4 aromatic rings. The number of hydrogen-bond donors (Lipinski definition) is 1. The van der Waals surface area contributed by atoms with E-state index in [2.05, 4.69) is 10.3 Å². The molecule has 2 heterocycles. The normalized spacial score (nSPS) is 11.1. The van der Waals surface area contributed by atoms with Gasteiger partial charge >= 0.3 is 0 Å². The van der Waals surface area contributed by atoms with E-state index < -0.39 is 11.5 Å². The number of aromatic nitrogens is 2. The number of anilines is 1. The first-order valence-electron chi connectivity index (χ1n) is 9.59. The van der Waals surface area contributed by atoms with Gasteiger partial charge in [0.1, 0.15) is 28.6 Å². The van der Waals surface area contributed by atoms with E-state index in [9.17, 15) is 14.9 Å². The standard InChI is InChI=1S/C24H14Cl2N4O3/c25-18-9-6-10-19(21(18)26)28-22(31)15(14-27)13-17-23(33-16-7-2-1-3-8-16)29-20-11-4-5-12-30(20)24(17)32/h1-13H,(H,28,31)/b15-13-. The summed E-state index contributed by atoms with van der Waals surface area (Å²) in [6, 6.07) is 20.3. The number of pyridine rings is 1. The second-order valence-corrected chi connectivity index (χ2v) is 7.49. The third-order valence-electron chi connectivity index (χ3n) is 4.55. The van der Waals surface area contributed by atoms with Crippen LogP contribution in [0.25, 0.3) is 11.7 Å². The minimum atomic E-state index is -0.773. The molecule has 0 bridgehead atoms. The number of rotatable bonds is 5. The highest BCUT2D eigenvalue weighted by atomic mass is 35.5. The number of carbonyl (C=O) groups is 1. The minimum Gasteiger partial charge on any atom is -0.438 e. The van der Waals surface area contributed by atoms with Crippen LogP contribution in [0.1, 0.15) is 5.56 Å². The molecule has 0 atom stereocenters. The number of nitrogens with zero attached hydrogens (tertiary/aromatic N) is 3. The molecular formula is C24H14Cl2N4O3. The van der Waals surface area contributed by atoms with Crippen molar-refractivity contribution in [2.75, 3.05) is 5.32 Å². The molecule has 0 spiro atoms. The lowest BCUT2D eigenvalue weighted by Crippen LogP contribution is -2.20. The van der Waals surface area contributed by atoms with Crippen molar-refractivity contribution >= 4 is 46.5 Å². The number of nitrogens with one attached hydrogen (secondary N) is 1. The van der Waals surface area contributed by atoms with E-state index in [1.807, 2.05) is 12.1 Å². The Bertz CT molecular complexity index is 1490. The maximum atomic E-state index is 13.2. The molecule has 7 nitrogen and oxygen atoms in total. The number of para-hydroxylation sites is 1. The zero-order chi connectivity index (χ0) is 23.4. The van der Waals surface area contributed by atoms with Crippen molar-refractivity contribution in [3.05, 3.63) is 104 Å². The fourth-order valence-corrected chi connectivity index (χ4v) is 3.31. The Kier molecular flexibility index (Phi) is 6.41. The Hall–Kier alpha value is -4.12. The number of nitriles is 1. The molecule has 0 aliphatic carbocycles. The highest BCUT2D eigenvalue weighted by Crippen LogP contribution is 2.30. The van der Waals surface area contributed by atoms with Crippen LogP contribution in [0.2, 0.25) is 10.0 Å². The molecule has 162 valence electrons. The van der Waals surface area contributed by atoms with E-state index in [4.69, 9.17) is 27.9 Å². The second kappa shape index (κ2) is 9.57. The van der Waals surface area contributed by atoms with Crippen LogP contribution >= 0.6 is 23.2 Å². The summed E-state index contributed by atoms with van der Waals surface area (Å²) in [5.74, 6) is -0.378. The molecule has 1 N–H and O–H groups in total. The maximum absolute atomic E-state index is 13.2. The van der Waals surface area contributed by atoms with Crippen LogP contribution in [0.3, 0.4) is 0 Å². The van der Waals surface area contributed by atoms with Crippen molar-refractivity contribution < 1.29 is 9.53 Å². The van der Waals surface area contributed by atoms with Crippen LogP contribution in [0, 0.1) is 11.3 Å². The zero-order valence-corrected chi connectivity index (χ0v) is 18.3. The summed E-state index contributed by atoms with van der Waals surface area (Å²) in [4.78, 5) is 30.4. The van der Waals surface area contributed by atoms with Gasteiger partial charge in [0, 0.05) is 6.20 Å². The van der Waals surface area contributed by atoms with Gasteiger partial charge < -0.3 is 10.1 Å². The molecule has 33 heavy (non-hydrogen) atoms. The van der Waals surface area contributed by atoms with Crippen LogP contribution in [0.4, 0.5) is 5.69 Å². The largest absolute Gasteiger partial charge is 0.438 e. The van der Waals surface area contributed by atoms with E-state index in [-0.39, 0.29) is 32.7 Å². The number of ether oxygens (including phenoxy) is 1. The van der Waals surface area contributed by atoms with Crippen molar-refractivity contribution in [1.82, 2.24) is 9.38 Å². The smallest absolute Gasteiger partial charge is 0.269 e. The topological polar surface area (TPSA) is 96.5 Å². The molecule has 1 amide bonds. The summed E-state index contributed by atoms with van der Waals surface area (Å²) in [7, 11) is 0. The van der Waals surface area contributed by atoms with Gasteiger partial charge in [-0.2, -0.15) is 10.2 Å². The predicted octanol–water partition coefficient (Wildman–Crippen LogP) is 5.34. The van der Waals surface area contributed by atoms with Crippen LogP contribution in [0.15, 0.2) is 83.3 Å². The van der Waals surface area contributed by atoms with Crippen molar-refractivity contribution in [3.63, 3.8) is 0 Å². The number of amides is 1. The maximum Gasteiger partial charge on any atom is 0.269 e. The fraction of sp³-hybridized carbons (Fsp3) is 0. The summed E-state index contributed by atoms with van der Waals surface area (Å²) >= 11 is 12.1. The Morgan fingerprint density at radius 1 is 1.06 bits per heavy atom. The average Bonchev–Trinajstić information content (AvgIpc) is 2.82. The molecule has 0 saturated carbocycles. The highest BCUT2D eigenvalue weighted by molar-refractivity contribution is 6.44. The first kappa shape index (κ1) is 22.1. The summed E-state index contributed by atoms with van der Waals surface area (Å²) in [5.41, 5.74) is -0.346. The fourth-order valence-electron chi connectivity index (χ4n) is 2.97. The van der Waals surface area contributed by atoms with Gasteiger partial charge in [-0.1, -0.05) is 53.5 Å². The molecule has 0 aliphatic heterocycles. The third-order valence-corrected chi connectivity index (χ3v) is 5.36. The Balaban J connectivity index is 1.80. The van der Waals surface area contributed by atoms with Crippen molar-refractivity contribution in [2.45, 2.75) is 0 Å². The molecule has 2 aromatic heterocycles. The van der Waals surface area contributed by atoms with Gasteiger partial charge in [-0.25, -0.2) is 0 Å². The van der Waals surface area contributed by atoms with Crippen LogP contribution < -0.4 is 15.6 Å². The first-order valence-corrected chi connectivity index (χ1v) is 10.3. The molecule has 2 aromatic carbocycles. The summed E-state index contributed by atoms with van der Waals surface area (Å²) in [6.45, 7) is 0. The van der Waals surface area contributed by atoms with Crippen molar-refractivity contribution in [3.8, 4) is 17.7 Å². The van der Waals surface area contributed by atoms with Gasteiger partial charge in [-0.3, -0.25) is 14.0 Å². The van der Waals surface area contributed by atoms with E-state index >= 15 is 0 Å². The Morgan fingerprint density at radius 3 is 2.58 bits per heavy atom. The number of hydrogen-bond acceptors (Lipinski definition) is 5. The molecule has 4 rings (SSSR count). The molecular weight excluding hydrogens is 463 g/mol. The predicted molar refractivity (Wildman–Crippen MR) is 127 cm³/mol. The van der Waals surface area contributed by atoms with Crippen molar-refractivity contribution in [2.24, 2.45) is 0 Å². The zero-order valence-electron chi connectivity index (χ0n) is 16.8. The van der Waals surface area contributed by atoms with Gasteiger partial charge in [0.15, 0.2) is 0 Å². The van der Waals surface area contributed by atoms with Crippen LogP contribution in [-0.4, -0.2) is 15.3 Å². The second-order valence-electron chi connectivity index (χ2n) is 6.71. The lowest BCUT2D eigenvalue weighted by molar-refractivity contribution is -0.112. The van der Waals surface area contributed by atoms with Gasteiger partial charge in [-0.05, 0) is 42.5 Å². The molecule has 9 heteroatoms. The molecule has 0 unspecified atom stereocenters. The number of carbonyl (C=O) groups excluding carboxylic acids is 1. The van der Waals surface area contributed by atoms with Gasteiger partial charge in [0.2, 0.25) is 5.88 Å². The molecule has 0 fully saturated rings. The van der Waals surface area contributed by atoms with E-state index in [1.165, 1.54) is 16.7 Å². The van der Waals surface area contributed by atoms with Gasteiger partial charge in [0.05, 0.1) is 15.7 Å². The van der Waals surface area contributed by atoms with Gasteiger partial charge in [0.25, 0.3) is 11.5 Å². The van der Waals surface area contributed by atoms with E-state index in [0.717, 1.165) is 6.08 Å². The molecule has 0 radical (unpaired) electrons. The molecule has 0 saturated heterocycles. The number of halogens is 2. The Morgan fingerprint density at radius 2 is 1.82 bits per heavy atom. The lowest BCUT2D eigenvalue weighted by Gasteiger charge is -2.11. The van der Waals surface area contributed by atoms with E-state index in [1.54, 1.807) is 54.6 Å². The SMILES string of the molecule is N#C/C(=C/c1c(Oc2ccccc2)nc2ccccn2c1=O)C(=O)Nc1cccc(Cl)c1Cl. The number of benzene rings is 2. The van der Waals surface area contributed by atoms with E-state index in [0.29, 0.717) is 11.4 Å². The third kappa shape index (κ3) is 4.72. The Labute approximate surface area is 198 Å². The first-order chi connectivity index (χ1) is 16.0. The summed E-state index contributed by atoms with van der Waals surface area (Å²) in [6.07, 6.45) is 2.67. The molecule has 0 aliphatic rings. The minimum absolute atomic E-state index is 0.0428. The van der Waals surface area contributed by atoms with Gasteiger partial charge in [-0.15, -0.1) is 0 Å². The number of fused-ring (bicyclic) bond motifs is 1. The van der Waals surface area contributed by atoms with Crippen LogP contribution in [-0.2, 0) is 4.79 Å². The van der Waals surface area contributed by atoms with Crippen molar-refractivity contribution in [1.29, 1.82) is 5.26 Å². The highest BCUT2D eigenvalue weighted by Gasteiger charge is 2.18. The summed E-state index contributed by atoms with van der Waals surface area (Å²) in [5, 5.41) is 12.5. The average molecular weight is 477 g/mol. The monoisotopic (exact) mass is 476 g/mol. The lowest BCUT2D eigenvalue weighted by atomic mass is 10.1.